The lowest BCUT2D eigenvalue weighted by atomic mass is 9.74. The first-order valence-corrected chi connectivity index (χ1v) is 13.4. The lowest BCUT2D eigenvalue weighted by molar-refractivity contribution is -0.126. The monoisotopic (exact) mass is 466 g/mol. The van der Waals surface area contributed by atoms with Gasteiger partial charge >= 0.3 is 0 Å². The highest BCUT2D eigenvalue weighted by Gasteiger charge is 2.39. The largest absolute Gasteiger partial charge is 0.337 e. The highest BCUT2D eigenvalue weighted by atomic mass is 16.2. The van der Waals surface area contributed by atoms with Crippen LogP contribution in [0.15, 0.2) is 33.8 Å². The van der Waals surface area contributed by atoms with Crippen LogP contribution in [-0.2, 0) is 4.79 Å². The molecular weight excluding hydrogens is 424 g/mol. The zero-order valence-electron chi connectivity index (χ0n) is 21.4. The topological polar surface area (TPSA) is 72.3 Å². The van der Waals surface area contributed by atoms with Crippen LogP contribution in [-0.4, -0.2) is 77.8 Å². The fourth-order valence-electron chi connectivity index (χ4n) is 6.34. The second kappa shape index (κ2) is 9.57. The summed E-state index contributed by atoms with van der Waals surface area (Å²) in [5.74, 6) is 1.97. The Morgan fingerprint density at radius 3 is 2.76 bits per heavy atom. The van der Waals surface area contributed by atoms with E-state index >= 15 is 0 Å². The van der Waals surface area contributed by atoms with Crippen LogP contribution < -0.4 is 10.6 Å². The van der Waals surface area contributed by atoms with Gasteiger partial charge in [0.05, 0.1) is 18.8 Å². The number of nitrogens with zero attached hydrogens (tertiary/aromatic N) is 4. The highest BCUT2D eigenvalue weighted by Crippen LogP contribution is 2.37. The molecule has 0 radical (unpaired) electrons. The molecule has 7 heteroatoms. The Balaban J connectivity index is 1.43. The number of piperazine rings is 1. The lowest BCUT2D eigenvalue weighted by Gasteiger charge is -2.48. The van der Waals surface area contributed by atoms with Crippen molar-refractivity contribution in [3.8, 4) is 0 Å². The van der Waals surface area contributed by atoms with E-state index in [0.29, 0.717) is 11.5 Å². The minimum atomic E-state index is -0.417. The molecule has 0 aromatic carbocycles. The molecule has 1 amide bonds. The van der Waals surface area contributed by atoms with Gasteiger partial charge in [-0.3, -0.25) is 24.6 Å². The van der Waals surface area contributed by atoms with Gasteiger partial charge in [-0.2, -0.15) is 0 Å². The van der Waals surface area contributed by atoms with Crippen LogP contribution in [0.1, 0.15) is 66.2 Å². The Morgan fingerprint density at radius 2 is 1.97 bits per heavy atom. The molecule has 2 aliphatic carbocycles. The summed E-state index contributed by atoms with van der Waals surface area (Å²) >= 11 is 0. The molecule has 34 heavy (non-hydrogen) atoms. The number of rotatable bonds is 2. The maximum Gasteiger partial charge on any atom is 0.246 e. The molecule has 7 nitrogen and oxygen atoms in total. The maximum atomic E-state index is 13.5. The number of carbonyl (C=O) groups is 1. The maximum absolute atomic E-state index is 13.5. The average molecular weight is 467 g/mol. The number of aliphatic imine (C=N–C) groups is 2. The molecule has 0 aromatic heterocycles. The third kappa shape index (κ3) is 5.01. The molecule has 4 atom stereocenters. The Bertz CT molecular complexity index is 916. The standard InChI is InChI=1S/C27H42N6O/c1-18(2)24-26(34)30-23-17-32(19-9-8-12-27(3,4)15-19)13-14-33(23)16-22-28-21-11-7-5-6-10-20(21)25(29-22)31-24/h5-6,10,18-19,21,23-24H,7-9,11-17H2,1-4H3,(H,30,34)(H,28,29,31). The van der Waals surface area contributed by atoms with E-state index in [1.807, 2.05) is 0 Å². The van der Waals surface area contributed by atoms with Crippen molar-refractivity contribution in [1.82, 2.24) is 20.4 Å². The third-order valence-electron chi connectivity index (χ3n) is 8.27. The highest BCUT2D eigenvalue weighted by molar-refractivity contribution is 6.13. The fraction of sp³-hybridized carbons (Fsp3) is 0.741. The van der Waals surface area contributed by atoms with Crippen molar-refractivity contribution in [3.63, 3.8) is 0 Å². The summed E-state index contributed by atoms with van der Waals surface area (Å²) < 4.78 is 0. The molecule has 2 N–H and O–H groups in total. The predicted molar refractivity (Wildman–Crippen MR) is 138 cm³/mol. The van der Waals surface area contributed by atoms with E-state index in [1.54, 1.807) is 0 Å². The van der Waals surface area contributed by atoms with Gasteiger partial charge in [0.25, 0.3) is 0 Å². The molecule has 5 aliphatic rings. The molecule has 4 unspecified atom stereocenters. The number of fused-ring (bicyclic) bond motifs is 5. The second-order valence-corrected chi connectivity index (χ2v) is 11.9. The Kier molecular flexibility index (Phi) is 6.68. The van der Waals surface area contributed by atoms with Crippen molar-refractivity contribution in [3.05, 3.63) is 23.8 Å². The van der Waals surface area contributed by atoms with Crippen LogP contribution in [0.25, 0.3) is 0 Å². The van der Waals surface area contributed by atoms with Crippen molar-refractivity contribution in [2.75, 3.05) is 26.2 Å². The van der Waals surface area contributed by atoms with Crippen molar-refractivity contribution in [1.29, 1.82) is 0 Å². The van der Waals surface area contributed by atoms with Gasteiger partial charge < -0.3 is 10.6 Å². The molecule has 186 valence electrons. The molecule has 3 heterocycles. The summed E-state index contributed by atoms with van der Waals surface area (Å²) in [6.07, 6.45) is 13.5. The third-order valence-corrected chi connectivity index (χ3v) is 8.27. The van der Waals surface area contributed by atoms with Crippen molar-refractivity contribution >= 4 is 17.6 Å². The molecular formula is C27H42N6O. The minimum absolute atomic E-state index is 0.0125. The van der Waals surface area contributed by atoms with E-state index in [2.05, 4.69) is 66.4 Å². The summed E-state index contributed by atoms with van der Waals surface area (Å²) in [6, 6.07) is 0.309. The number of hydrogen-bond acceptors (Lipinski definition) is 6. The number of amidine groups is 2. The quantitative estimate of drug-likeness (QED) is 0.656. The van der Waals surface area contributed by atoms with Gasteiger partial charge in [-0.05, 0) is 43.4 Å². The summed E-state index contributed by atoms with van der Waals surface area (Å²) in [7, 11) is 0. The molecule has 1 saturated carbocycles. The minimum Gasteiger partial charge on any atom is -0.337 e. The van der Waals surface area contributed by atoms with E-state index < -0.39 is 6.04 Å². The van der Waals surface area contributed by atoms with Crippen LogP contribution >= 0.6 is 0 Å². The number of hydrogen-bond donors (Lipinski definition) is 2. The van der Waals surface area contributed by atoms with Crippen LogP contribution in [0.5, 0.6) is 0 Å². The van der Waals surface area contributed by atoms with Gasteiger partial charge in [0.1, 0.15) is 17.7 Å². The molecule has 0 aromatic rings. The smallest absolute Gasteiger partial charge is 0.246 e. The number of carbonyl (C=O) groups excluding carboxylic acids is 1. The van der Waals surface area contributed by atoms with E-state index in [4.69, 9.17) is 9.98 Å². The Hall–Kier alpha value is -1.99. The van der Waals surface area contributed by atoms with Crippen LogP contribution in [0, 0.1) is 11.3 Å². The Morgan fingerprint density at radius 1 is 1.15 bits per heavy atom. The van der Waals surface area contributed by atoms with Gasteiger partial charge in [0.2, 0.25) is 5.91 Å². The lowest BCUT2D eigenvalue weighted by Crippen LogP contribution is -2.65. The number of amides is 1. The van der Waals surface area contributed by atoms with E-state index in [0.717, 1.165) is 56.3 Å². The normalized spacial score (nSPS) is 34.5. The van der Waals surface area contributed by atoms with Gasteiger partial charge in [-0.25, -0.2) is 0 Å². The summed E-state index contributed by atoms with van der Waals surface area (Å²) in [4.78, 5) is 28.7. The molecule has 1 saturated heterocycles. The zero-order chi connectivity index (χ0) is 23.9. The zero-order valence-corrected chi connectivity index (χ0v) is 21.4. The average Bonchev–Trinajstić information content (AvgIpc) is 3.02. The number of allylic oxidation sites excluding steroid dienone is 3. The summed E-state index contributed by atoms with van der Waals surface area (Å²) in [5, 5.41) is 6.94. The van der Waals surface area contributed by atoms with E-state index in [1.165, 1.54) is 25.7 Å². The van der Waals surface area contributed by atoms with Gasteiger partial charge in [-0.15, -0.1) is 0 Å². The van der Waals surface area contributed by atoms with Crippen molar-refractivity contribution < 1.29 is 4.79 Å². The first-order chi connectivity index (χ1) is 16.3. The molecule has 3 aliphatic heterocycles. The summed E-state index contributed by atoms with van der Waals surface area (Å²) in [6.45, 7) is 12.6. The molecule has 2 bridgehead atoms. The van der Waals surface area contributed by atoms with Crippen LogP contribution in [0.2, 0.25) is 0 Å². The molecule has 2 fully saturated rings. The number of nitrogens with one attached hydrogen (secondary N) is 2. The van der Waals surface area contributed by atoms with Crippen molar-refractivity contribution in [2.45, 2.75) is 90.5 Å². The van der Waals surface area contributed by atoms with Gasteiger partial charge in [-0.1, -0.05) is 52.3 Å². The predicted octanol–water partition coefficient (Wildman–Crippen LogP) is 3.10. The fourth-order valence-corrected chi connectivity index (χ4v) is 6.34. The van der Waals surface area contributed by atoms with E-state index in [9.17, 15) is 4.79 Å². The molecule has 0 spiro atoms. The van der Waals surface area contributed by atoms with Gasteiger partial charge in [0, 0.05) is 31.2 Å². The van der Waals surface area contributed by atoms with E-state index in [-0.39, 0.29) is 24.0 Å². The van der Waals surface area contributed by atoms with Crippen molar-refractivity contribution in [2.24, 2.45) is 21.3 Å². The van der Waals surface area contributed by atoms with Gasteiger partial charge in [0.15, 0.2) is 0 Å². The first kappa shape index (κ1) is 23.7. The second-order valence-electron chi connectivity index (χ2n) is 11.9. The SMILES string of the molecule is CC(C)C1N=C2NC(=NC3CCC=CC=C23)CN2CCN(C3CCCC(C)(C)C3)CC2NC1=O. The van der Waals surface area contributed by atoms with Crippen LogP contribution in [0.4, 0.5) is 0 Å². The summed E-state index contributed by atoms with van der Waals surface area (Å²) in [5.41, 5.74) is 1.52. The van der Waals surface area contributed by atoms with Crippen LogP contribution in [0.3, 0.4) is 0 Å². The molecule has 5 rings (SSSR count). The Labute approximate surface area is 204 Å². The first-order valence-electron chi connectivity index (χ1n) is 13.4.